The van der Waals surface area contributed by atoms with Crippen LogP contribution >= 0.6 is 0 Å². The van der Waals surface area contributed by atoms with Crippen LogP contribution in [0.1, 0.15) is 44.2 Å². The smallest absolute Gasteiger partial charge is 0.236 e. The van der Waals surface area contributed by atoms with E-state index >= 15 is 0 Å². The zero-order chi connectivity index (χ0) is 19.2. The lowest BCUT2D eigenvalue weighted by atomic mass is 9.88. The number of amides is 1. The lowest BCUT2D eigenvalue weighted by molar-refractivity contribution is -0.118. The van der Waals surface area contributed by atoms with Crippen LogP contribution < -0.4 is 10.0 Å². The second-order valence-corrected chi connectivity index (χ2v) is 9.28. The average Bonchev–Trinajstić information content (AvgIpc) is 2.57. The van der Waals surface area contributed by atoms with Crippen molar-refractivity contribution in [2.24, 2.45) is 5.92 Å². The van der Waals surface area contributed by atoms with Gasteiger partial charge in [-0.05, 0) is 51.3 Å². The SMILES string of the molecule is CC1CCC(NS(=O)(=O)CC(=O)NCC(c2ccccc2)N(C)C)CC1. The first kappa shape index (κ1) is 20.9. The van der Waals surface area contributed by atoms with E-state index in [2.05, 4.69) is 17.0 Å². The van der Waals surface area contributed by atoms with Crippen molar-refractivity contribution in [3.63, 3.8) is 0 Å². The van der Waals surface area contributed by atoms with E-state index in [0.717, 1.165) is 31.2 Å². The number of carbonyl (C=O) groups excluding carboxylic acids is 1. The molecule has 1 amide bonds. The van der Waals surface area contributed by atoms with Gasteiger partial charge in [0.25, 0.3) is 0 Å². The molecule has 1 aromatic carbocycles. The Kier molecular flexibility index (Phi) is 7.61. The van der Waals surface area contributed by atoms with E-state index in [0.29, 0.717) is 12.5 Å². The molecule has 7 heteroatoms. The summed E-state index contributed by atoms with van der Waals surface area (Å²) in [5.41, 5.74) is 1.08. The number of rotatable bonds is 8. The highest BCUT2D eigenvalue weighted by atomic mass is 32.2. The Labute approximate surface area is 157 Å². The topological polar surface area (TPSA) is 78.5 Å². The maximum atomic E-state index is 12.3. The molecular weight excluding hydrogens is 350 g/mol. The largest absolute Gasteiger partial charge is 0.353 e. The van der Waals surface area contributed by atoms with Gasteiger partial charge in [0.1, 0.15) is 5.75 Å². The molecule has 1 aliphatic carbocycles. The van der Waals surface area contributed by atoms with Crippen LogP contribution in [0.4, 0.5) is 0 Å². The molecule has 0 spiro atoms. The summed E-state index contributed by atoms with van der Waals surface area (Å²) < 4.78 is 27.2. The highest BCUT2D eigenvalue weighted by Gasteiger charge is 2.25. The monoisotopic (exact) mass is 381 g/mol. The molecule has 1 atom stereocenters. The summed E-state index contributed by atoms with van der Waals surface area (Å²) in [4.78, 5) is 14.2. The first-order valence-electron chi connectivity index (χ1n) is 9.25. The highest BCUT2D eigenvalue weighted by molar-refractivity contribution is 7.90. The second-order valence-electron chi connectivity index (χ2n) is 7.53. The van der Waals surface area contributed by atoms with Crippen LogP contribution in [0.25, 0.3) is 0 Å². The Morgan fingerprint density at radius 3 is 2.35 bits per heavy atom. The van der Waals surface area contributed by atoms with Crippen molar-refractivity contribution in [2.75, 3.05) is 26.4 Å². The second kappa shape index (κ2) is 9.48. The standard InChI is InChI=1S/C19H31N3O3S/c1-15-9-11-17(12-10-15)21-26(24,25)14-19(23)20-13-18(22(2)3)16-7-5-4-6-8-16/h4-8,15,17-18,21H,9-14H2,1-3H3,(H,20,23). The molecule has 6 nitrogen and oxygen atoms in total. The number of benzene rings is 1. The Balaban J connectivity index is 1.84. The first-order valence-corrected chi connectivity index (χ1v) is 10.9. The average molecular weight is 382 g/mol. The van der Waals surface area contributed by atoms with Gasteiger partial charge in [-0.1, -0.05) is 37.3 Å². The Morgan fingerprint density at radius 2 is 1.77 bits per heavy atom. The maximum Gasteiger partial charge on any atom is 0.236 e. The van der Waals surface area contributed by atoms with Crippen molar-refractivity contribution < 1.29 is 13.2 Å². The van der Waals surface area contributed by atoms with E-state index in [1.165, 1.54) is 0 Å². The number of carbonyl (C=O) groups is 1. The molecule has 1 saturated carbocycles. The Morgan fingerprint density at radius 1 is 1.15 bits per heavy atom. The van der Waals surface area contributed by atoms with Crippen LogP contribution in [0.2, 0.25) is 0 Å². The minimum Gasteiger partial charge on any atom is -0.353 e. The zero-order valence-electron chi connectivity index (χ0n) is 15.9. The van der Waals surface area contributed by atoms with Gasteiger partial charge in [0, 0.05) is 12.6 Å². The van der Waals surface area contributed by atoms with E-state index in [9.17, 15) is 13.2 Å². The molecule has 1 fully saturated rings. The highest BCUT2D eigenvalue weighted by Crippen LogP contribution is 2.23. The van der Waals surface area contributed by atoms with Gasteiger partial charge in [-0.3, -0.25) is 4.79 Å². The molecule has 26 heavy (non-hydrogen) atoms. The molecule has 1 unspecified atom stereocenters. The van der Waals surface area contributed by atoms with E-state index in [-0.39, 0.29) is 12.1 Å². The lowest BCUT2D eigenvalue weighted by Gasteiger charge is -2.27. The van der Waals surface area contributed by atoms with Crippen LogP contribution in [0.15, 0.2) is 30.3 Å². The quantitative estimate of drug-likeness (QED) is 0.721. The molecule has 0 bridgehead atoms. The van der Waals surface area contributed by atoms with E-state index in [1.807, 2.05) is 49.3 Å². The molecule has 0 saturated heterocycles. The summed E-state index contributed by atoms with van der Waals surface area (Å²) in [6.45, 7) is 2.55. The number of hydrogen-bond acceptors (Lipinski definition) is 4. The van der Waals surface area contributed by atoms with E-state index in [4.69, 9.17) is 0 Å². The van der Waals surface area contributed by atoms with Gasteiger partial charge in [-0.15, -0.1) is 0 Å². The van der Waals surface area contributed by atoms with Crippen molar-refractivity contribution in [3.8, 4) is 0 Å². The van der Waals surface area contributed by atoms with Gasteiger partial charge >= 0.3 is 0 Å². The van der Waals surface area contributed by atoms with Gasteiger partial charge in [-0.2, -0.15) is 0 Å². The molecule has 1 aromatic rings. The van der Waals surface area contributed by atoms with Crippen LogP contribution in [-0.4, -0.2) is 51.7 Å². The molecule has 2 N–H and O–H groups in total. The van der Waals surface area contributed by atoms with E-state index < -0.39 is 21.7 Å². The minimum absolute atomic E-state index is 0.00403. The molecule has 0 radical (unpaired) electrons. The molecule has 0 aliphatic heterocycles. The normalized spacial score (nSPS) is 22.2. The van der Waals surface area contributed by atoms with Crippen LogP contribution in [0, 0.1) is 5.92 Å². The summed E-state index contributed by atoms with van der Waals surface area (Å²) in [6.07, 6.45) is 3.75. The van der Waals surface area contributed by atoms with Crippen LogP contribution in [0.3, 0.4) is 0 Å². The van der Waals surface area contributed by atoms with Crippen molar-refractivity contribution >= 4 is 15.9 Å². The Hall–Kier alpha value is -1.44. The van der Waals surface area contributed by atoms with Crippen molar-refractivity contribution in [1.82, 2.24) is 14.9 Å². The van der Waals surface area contributed by atoms with Gasteiger partial charge in [0.2, 0.25) is 15.9 Å². The van der Waals surface area contributed by atoms with Crippen molar-refractivity contribution in [2.45, 2.75) is 44.7 Å². The minimum atomic E-state index is -3.61. The molecular formula is C19H31N3O3S. The van der Waals surface area contributed by atoms with Gasteiger partial charge < -0.3 is 10.2 Å². The third-order valence-electron chi connectivity index (χ3n) is 4.98. The lowest BCUT2D eigenvalue weighted by Crippen LogP contribution is -2.43. The molecule has 0 heterocycles. The fraction of sp³-hybridized carbons (Fsp3) is 0.632. The molecule has 0 aromatic heterocycles. The van der Waals surface area contributed by atoms with Crippen molar-refractivity contribution in [1.29, 1.82) is 0 Å². The zero-order valence-corrected chi connectivity index (χ0v) is 16.8. The number of hydrogen-bond donors (Lipinski definition) is 2. The Bertz CT molecular complexity index is 669. The fourth-order valence-corrected chi connectivity index (χ4v) is 4.66. The maximum absolute atomic E-state index is 12.3. The number of sulfonamides is 1. The van der Waals surface area contributed by atoms with Crippen LogP contribution in [-0.2, 0) is 14.8 Å². The number of nitrogens with zero attached hydrogens (tertiary/aromatic N) is 1. The molecule has 146 valence electrons. The third-order valence-corrected chi connectivity index (χ3v) is 6.32. The fourth-order valence-electron chi connectivity index (χ4n) is 3.38. The predicted octanol–water partition coefficient (Wildman–Crippen LogP) is 1.90. The first-order chi connectivity index (χ1) is 12.3. The number of likely N-dealkylation sites (N-methyl/N-ethyl adjacent to an activating group) is 1. The van der Waals surface area contributed by atoms with Crippen molar-refractivity contribution in [3.05, 3.63) is 35.9 Å². The summed E-state index contributed by atoms with van der Waals surface area (Å²) in [6, 6.07) is 9.80. The molecule has 1 aliphatic rings. The summed E-state index contributed by atoms with van der Waals surface area (Å²) in [5.74, 6) is -0.335. The third kappa shape index (κ3) is 6.70. The molecule has 2 rings (SSSR count). The predicted molar refractivity (Wildman–Crippen MR) is 104 cm³/mol. The van der Waals surface area contributed by atoms with Gasteiger partial charge in [0.05, 0.1) is 6.04 Å². The number of nitrogens with one attached hydrogen (secondary N) is 2. The van der Waals surface area contributed by atoms with Gasteiger partial charge in [-0.25, -0.2) is 13.1 Å². The van der Waals surface area contributed by atoms with Gasteiger partial charge in [0.15, 0.2) is 0 Å². The summed E-state index contributed by atoms with van der Waals surface area (Å²) >= 11 is 0. The van der Waals surface area contributed by atoms with E-state index in [1.54, 1.807) is 0 Å². The summed E-state index contributed by atoms with van der Waals surface area (Å²) in [7, 11) is 0.267. The summed E-state index contributed by atoms with van der Waals surface area (Å²) in [5, 5.41) is 2.76. The van der Waals surface area contributed by atoms with Crippen LogP contribution in [0.5, 0.6) is 0 Å².